The highest BCUT2D eigenvalue weighted by atomic mass is 15.3. The van der Waals surface area contributed by atoms with Gasteiger partial charge in [-0.05, 0) is 25.7 Å². The number of rotatable bonds is 5. The molecule has 1 N–H and O–H groups in total. The second kappa shape index (κ2) is 4.31. The van der Waals surface area contributed by atoms with E-state index in [0.717, 1.165) is 6.42 Å². The summed E-state index contributed by atoms with van der Waals surface area (Å²) >= 11 is 0. The molecule has 1 aliphatic rings. The third-order valence-corrected chi connectivity index (χ3v) is 1.61. The predicted octanol–water partition coefficient (Wildman–Crippen LogP) is 1.91. The predicted molar refractivity (Wildman–Crippen MR) is 44.2 cm³/mol. The van der Waals surface area contributed by atoms with Crippen molar-refractivity contribution in [1.29, 1.82) is 0 Å². The first-order valence-electron chi connectivity index (χ1n) is 4.20. The molecule has 2 heteroatoms. The molecule has 0 aromatic heterocycles. The second-order valence-electron chi connectivity index (χ2n) is 2.86. The molecule has 1 saturated carbocycles. The summed E-state index contributed by atoms with van der Waals surface area (Å²) in [4.78, 5) is 0. The van der Waals surface area contributed by atoms with E-state index in [1.165, 1.54) is 25.7 Å². The molecule has 0 unspecified atom stereocenters. The fourth-order valence-electron chi connectivity index (χ4n) is 0.731. The lowest BCUT2D eigenvalue weighted by molar-refractivity contribution is 0.733. The van der Waals surface area contributed by atoms with Gasteiger partial charge in [0.25, 0.3) is 0 Å². The first-order valence-corrected chi connectivity index (χ1v) is 4.20. The first-order chi connectivity index (χ1) is 4.93. The average Bonchev–Trinajstić information content (AvgIpc) is 2.71. The number of hydrogen-bond donors (Lipinski definition) is 1. The lowest BCUT2D eigenvalue weighted by Crippen LogP contribution is -2.07. The van der Waals surface area contributed by atoms with Crippen LogP contribution in [0.4, 0.5) is 0 Å². The van der Waals surface area contributed by atoms with Crippen LogP contribution in [0.25, 0.3) is 0 Å². The van der Waals surface area contributed by atoms with Crippen LogP contribution in [0.1, 0.15) is 39.0 Å². The van der Waals surface area contributed by atoms with E-state index in [1.54, 1.807) is 0 Å². The number of nitrogens with zero attached hydrogens (tertiary/aromatic N) is 1. The summed E-state index contributed by atoms with van der Waals surface area (Å²) in [6, 6.07) is 0.706. The van der Waals surface area contributed by atoms with Crippen molar-refractivity contribution in [3.63, 3.8) is 0 Å². The zero-order valence-electron chi connectivity index (χ0n) is 6.64. The van der Waals surface area contributed by atoms with Crippen LogP contribution in [0.2, 0.25) is 0 Å². The molecule has 0 spiro atoms. The molecule has 0 aromatic carbocycles. The molecule has 0 saturated heterocycles. The molecule has 1 rings (SSSR count). The summed E-state index contributed by atoms with van der Waals surface area (Å²) in [7, 11) is 0. The molecule has 1 fully saturated rings. The molecule has 0 atom stereocenters. The van der Waals surface area contributed by atoms with Gasteiger partial charge in [0.05, 0.1) is 0 Å². The largest absolute Gasteiger partial charge is 0.307 e. The second-order valence-corrected chi connectivity index (χ2v) is 2.86. The molecule has 10 heavy (non-hydrogen) atoms. The third-order valence-electron chi connectivity index (χ3n) is 1.61. The van der Waals surface area contributed by atoms with Crippen LogP contribution in [0.15, 0.2) is 5.10 Å². The monoisotopic (exact) mass is 140 g/mol. The Bertz CT molecular complexity index is 106. The molecule has 0 bridgehead atoms. The lowest BCUT2D eigenvalue weighted by Gasteiger charge is -1.92. The Morgan fingerprint density at radius 3 is 3.00 bits per heavy atom. The van der Waals surface area contributed by atoms with E-state index in [2.05, 4.69) is 17.5 Å². The van der Waals surface area contributed by atoms with Gasteiger partial charge in [0.1, 0.15) is 0 Å². The van der Waals surface area contributed by atoms with E-state index in [1.807, 2.05) is 6.21 Å². The molecule has 0 radical (unpaired) electrons. The van der Waals surface area contributed by atoms with Crippen molar-refractivity contribution in [3.8, 4) is 0 Å². The van der Waals surface area contributed by atoms with E-state index < -0.39 is 0 Å². The molecular weight excluding hydrogens is 124 g/mol. The standard InChI is InChI=1S/C8H16N2/c1-2-3-4-7-9-10-8-5-6-8/h7-8,10H,2-6H2,1H3. The Hall–Kier alpha value is -0.530. The Balaban J connectivity index is 1.84. The van der Waals surface area contributed by atoms with E-state index in [-0.39, 0.29) is 0 Å². The lowest BCUT2D eigenvalue weighted by atomic mass is 10.3. The summed E-state index contributed by atoms with van der Waals surface area (Å²) in [5.74, 6) is 0. The van der Waals surface area contributed by atoms with Gasteiger partial charge in [-0.1, -0.05) is 13.3 Å². The third kappa shape index (κ3) is 3.49. The number of hydrazone groups is 1. The van der Waals surface area contributed by atoms with Crippen molar-refractivity contribution in [2.75, 3.05) is 0 Å². The molecular formula is C8H16N2. The van der Waals surface area contributed by atoms with Crippen LogP contribution in [-0.4, -0.2) is 12.3 Å². The van der Waals surface area contributed by atoms with Gasteiger partial charge in [-0.25, -0.2) is 0 Å². The van der Waals surface area contributed by atoms with Gasteiger partial charge in [-0.15, -0.1) is 0 Å². The minimum Gasteiger partial charge on any atom is -0.307 e. The summed E-state index contributed by atoms with van der Waals surface area (Å²) in [6.45, 7) is 2.20. The van der Waals surface area contributed by atoms with Gasteiger partial charge in [0, 0.05) is 12.3 Å². The van der Waals surface area contributed by atoms with E-state index in [4.69, 9.17) is 0 Å². The van der Waals surface area contributed by atoms with Gasteiger partial charge in [-0.3, -0.25) is 0 Å². The van der Waals surface area contributed by atoms with Crippen molar-refractivity contribution < 1.29 is 0 Å². The maximum Gasteiger partial charge on any atom is 0.0441 e. The van der Waals surface area contributed by atoms with Crippen molar-refractivity contribution in [1.82, 2.24) is 5.43 Å². The topological polar surface area (TPSA) is 24.4 Å². The van der Waals surface area contributed by atoms with Gasteiger partial charge >= 0.3 is 0 Å². The summed E-state index contributed by atoms with van der Waals surface area (Å²) in [5, 5.41) is 4.10. The summed E-state index contributed by atoms with van der Waals surface area (Å²) < 4.78 is 0. The zero-order chi connectivity index (χ0) is 7.23. The molecule has 0 heterocycles. The first kappa shape index (κ1) is 7.58. The van der Waals surface area contributed by atoms with E-state index in [9.17, 15) is 0 Å². The fourth-order valence-corrected chi connectivity index (χ4v) is 0.731. The fraction of sp³-hybridized carbons (Fsp3) is 0.875. The Labute approximate surface area is 62.7 Å². The molecule has 2 nitrogen and oxygen atoms in total. The number of nitrogens with one attached hydrogen (secondary N) is 1. The minimum atomic E-state index is 0.706. The maximum absolute atomic E-state index is 4.10. The summed E-state index contributed by atoms with van der Waals surface area (Å²) in [5.41, 5.74) is 3.08. The van der Waals surface area contributed by atoms with Gasteiger partial charge in [-0.2, -0.15) is 5.10 Å². The number of unbranched alkanes of at least 4 members (excludes halogenated alkanes) is 2. The van der Waals surface area contributed by atoms with Crippen molar-refractivity contribution in [2.24, 2.45) is 5.10 Å². The van der Waals surface area contributed by atoms with Crippen LogP contribution in [0.5, 0.6) is 0 Å². The molecule has 1 aliphatic carbocycles. The zero-order valence-corrected chi connectivity index (χ0v) is 6.64. The molecule has 0 amide bonds. The van der Waals surface area contributed by atoms with Crippen LogP contribution < -0.4 is 5.43 Å². The minimum absolute atomic E-state index is 0.706. The molecule has 58 valence electrons. The quantitative estimate of drug-likeness (QED) is 0.352. The van der Waals surface area contributed by atoms with Crippen LogP contribution in [0.3, 0.4) is 0 Å². The van der Waals surface area contributed by atoms with Crippen molar-refractivity contribution in [2.45, 2.75) is 45.1 Å². The highest BCUT2D eigenvalue weighted by molar-refractivity contribution is 5.56. The SMILES string of the molecule is CCCCC=NNC1CC1. The maximum atomic E-state index is 4.10. The smallest absolute Gasteiger partial charge is 0.0441 e. The highest BCUT2D eigenvalue weighted by Gasteiger charge is 2.19. The molecule has 0 aliphatic heterocycles. The highest BCUT2D eigenvalue weighted by Crippen LogP contribution is 2.18. The Morgan fingerprint density at radius 1 is 1.60 bits per heavy atom. The Kier molecular flexibility index (Phi) is 3.27. The van der Waals surface area contributed by atoms with E-state index >= 15 is 0 Å². The van der Waals surface area contributed by atoms with Crippen LogP contribution >= 0.6 is 0 Å². The van der Waals surface area contributed by atoms with Gasteiger partial charge in [0.2, 0.25) is 0 Å². The van der Waals surface area contributed by atoms with E-state index in [0.29, 0.717) is 6.04 Å². The van der Waals surface area contributed by atoms with Crippen LogP contribution in [0, 0.1) is 0 Å². The van der Waals surface area contributed by atoms with Crippen molar-refractivity contribution in [3.05, 3.63) is 0 Å². The number of hydrogen-bond acceptors (Lipinski definition) is 2. The normalized spacial score (nSPS) is 18.1. The average molecular weight is 140 g/mol. The Morgan fingerprint density at radius 2 is 2.40 bits per heavy atom. The van der Waals surface area contributed by atoms with Crippen molar-refractivity contribution >= 4 is 6.21 Å². The summed E-state index contributed by atoms with van der Waals surface area (Å²) in [6.07, 6.45) is 8.25. The molecule has 0 aromatic rings. The van der Waals surface area contributed by atoms with Gasteiger partial charge in [0.15, 0.2) is 0 Å². The van der Waals surface area contributed by atoms with Crippen LogP contribution in [-0.2, 0) is 0 Å². The van der Waals surface area contributed by atoms with Gasteiger partial charge < -0.3 is 5.43 Å².